The molecule has 5 heteroatoms. The highest BCUT2D eigenvalue weighted by atomic mass is 79.9. The summed E-state index contributed by atoms with van der Waals surface area (Å²) in [4.78, 5) is 2.18. The Hall–Kier alpha value is -0.810. The molecule has 0 amide bonds. The van der Waals surface area contributed by atoms with Gasteiger partial charge in [-0.05, 0) is 28.4 Å². The number of halogens is 2. The summed E-state index contributed by atoms with van der Waals surface area (Å²) in [6, 6.07) is 3.11. The fourth-order valence-electron chi connectivity index (χ4n) is 2.25. The number of benzene rings is 1. The maximum absolute atomic E-state index is 13.3. The Labute approximate surface area is 109 Å². The Morgan fingerprint density at radius 2 is 2.35 bits per heavy atom. The first-order chi connectivity index (χ1) is 8.11. The molecule has 17 heavy (non-hydrogen) atoms. The Balaban J connectivity index is 2.16. The van der Waals surface area contributed by atoms with Crippen LogP contribution in [0, 0.1) is 11.7 Å². The van der Waals surface area contributed by atoms with Crippen molar-refractivity contribution in [2.24, 2.45) is 5.92 Å². The van der Waals surface area contributed by atoms with E-state index >= 15 is 0 Å². The van der Waals surface area contributed by atoms with E-state index in [2.05, 4.69) is 20.8 Å². The fourth-order valence-corrected chi connectivity index (χ4v) is 2.58. The minimum absolute atomic E-state index is 0.320. The summed E-state index contributed by atoms with van der Waals surface area (Å²) in [5.74, 6) is 0.210. The zero-order valence-corrected chi connectivity index (χ0v) is 11.3. The van der Waals surface area contributed by atoms with Gasteiger partial charge in [-0.25, -0.2) is 4.39 Å². The molecule has 1 fully saturated rings. The van der Waals surface area contributed by atoms with E-state index < -0.39 is 0 Å². The molecule has 0 radical (unpaired) electrons. The van der Waals surface area contributed by atoms with Crippen LogP contribution in [0.1, 0.15) is 6.42 Å². The predicted octanol–water partition coefficient (Wildman–Crippen LogP) is 2.64. The number of nitrogens with two attached hydrogens (primary N) is 1. The molecule has 3 nitrogen and oxygen atoms in total. The smallest absolute Gasteiger partial charge is 0.139 e. The average molecular weight is 303 g/mol. The third-order valence-electron chi connectivity index (χ3n) is 3.10. The molecule has 1 aromatic rings. The summed E-state index contributed by atoms with van der Waals surface area (Å²) in [6.07, 6.45) is 1.09. The highest BCUT2D eigenvalue weighted by molar-refractivity contribution is 9.10. The summed E-state index contributed by atoms with van der Waals surface area (Å²) >= 11 is 3.19. The van der Waals surface area contributed by atoms with Crippen LogP contribution in [-0.4, -0.2) is 26.8 Å². The normalized spacial score (nSPS) is 19.9. The maximum atomic E-state index is 13.3. The fraction of sp³-hybridized carbons (Fsp3) is 0.500. The predicted molar refractivity (Wildman–Crippen MR) is 70.7 cm³/mol. The lowest BCUT2D eigenvalue weighted by Gasteiger charge is -2.21. The lowest BCUT2D eigenvalue weighted by atomic mass is 10.1. The Kier molecular flexibility index (Phi) is 3.89. The molecular formula is C12H16BrFN2O. The number of anilines is 2. The first-order valence-corrected chi connectivity index (χ1v) is 6.39. The standard InChI is InChI=1S/C12H16BrFN2O/c1-17-7-8-2-3-16(6-8)12-4-9(13)10(14)5-11(12)15/h4-5,8H,2-3,6-7,15H2,1H3. The zero-order chi connectivity index (χ0) is 12.4. The van der Waals surface area contributed by atoms with Crippen LogP contribution in [0.15, 0.2) is 16.6 Å². The van der Waals surface area contributed by atoms with Crippen LogP contribution >= 0.6 is 15.9 Å². The number of ether oxygens (including phenoxy) is 1. The Morgan fingerprint density at radius 1 is 1.59 bits per heavy atom. The van der Waals surface area contributed by atoms with Crippen LogP contribution in [0.3, 0.4) is 0 Å². The van der Waals surface area contributed by atoms with Crippen LogP contribution in [0.4, 0.5) is 15.8 Å². The van der Waals surface area contributed by atoms with Crippen molar-refractivity contribution < 1.29 is 9.13 Å². The largest absolute Gasteiger partial charge is 0.397 e. The van der Waals surface area contributed by atoms with Gasteiger partial charge in [0, 0.05) is 32.2 Å². The lowest BCUT2D eigenvalue weighted by Crippen LogP contribution is -2.22. The van der Waals surface area contributed by atoms with Gasteiger partial charge in [0.2, 0.25) is 0 Å². The second-order valence-electron chi connectivity index (χ2n) is 4.38. The summed E-state index contributed by atoms with van der Waals surface area (Å²) in [7, 11) is 1.71. The summed E-state index contributed by atoms with van der Waals surface area (Å²) < 4.78 is 18.9. The molecule has 1 aromatic carbocycles. The molecule has 94 valence electrons. The van der Waals surface area contributed by atoms with Crippen molar-refractivity contribution in [3.63, 3.8) is 0 Å². The van der Waals surface area contributed by atoms with Crippen LogP contribution in [-0.2, 0) is 4.74 Å². The second-order valence-corrected chi connectivity index (χ2v) is 5.24. The molecule has 1 heterocycles. The van der Waals surface area contributed by atoms with Gasteiger partial charge >= 0.3 is 0 Å². The number of hydrogen-bond acceptors (Lipinski definition) is 3. The van der Waals surface area contributed by atoms with E-state index in [0.29, 0.717) is 16.1 Å². The SMILES string of the molecule is COCC1CCN(c2cc(Br)c(F)cc2N)C1. The first-order valence-electron chi connectivity index (χ1n) is 5.60. The van der Waals surface area contributed by atoms with Crippen molar-refractivity contribution in [2.45, 2.75) is 6.42 Å². The van der Waals surface area contributed by atoms with E-state index in [0.717, 1.165) is 31.8 Å². The van der Waals surface area contributed by atoms with E-state index in [4.69, 9.17) is 10.5 Å². The van der Waals surface area contributed by atoms with Crippen molar-refractivity contribution in [2.75, 3.05) is 37.4 Å². The molecule has 0 aliphatic carbocycles. The molecule has 0 aromatic heterocycles. The highest BCUT2D eigenvalue weighted by Gasteiger charge is 2.24. The summed E-state index contributed by atoms with van der Waals surface area (Å²) in [5, 5.41) is 0. The molecule has 0 saturated carbocycles. The van der Waals surface area contributed by atoms with Crippen LogP contribution < -0.4 is 10.6 Å². The van der Waals surface area contributed by atoms with E-state index in [9.17, 15) is 4.39 Å². The van der Waals surface area contributed by atoms with Gasteiger partial charge in [-0.2, -0.15) is 0 Å². The van der Waals surface area contributed by atoms with E-state index in [-0.39, 0.29) is 5.82 Å². The van der Waals surface area contributed by atoms with Gasteiger partial charge in [-0.15, -0.1) is 0 Å². The maximum Gasteiger partial charge on any atom is 0.139 e. The number of nitrogens with zero attached hydrogens (tertiary/aromatic N) is 1. The quantitative estimate of drug-likeness (QED) is 0.873. The molecule has 1 atom stereocenters. The Bertz CT molecular complexity index is 414. The number of methoxy groups -OCH3 is 1. The molecule has 0 spiro atoms. The van der Waals surface area contributed by atoms with Gasteiger partial charge in [-0.3, -0.25) is 0 Å². The van der Waals surface area contributed by atoms with Gasteiger partial charge in [-0.1, -0.05) is 0 Å². The van der Waals surface area contributed by atoms with Gasteiger partial charge in [0.25, 0.3) is 0 Å². The van der Waals surface area contributed by atoms with E-state index in [1.54, 1.807) is 13.2 Å². The topological polar surface area (TPSA) is 38.5 Å². The minimum Gasteiger partial charge on any atom is -0.397 e. The van der Waals surface area contributed by atoms with Gasteiger partial charge in [0.15, 0.2) is 0 Å². The van der Waals surface area contributed by atoms with Crippen LogP contribution in [0.2, 0.25) is 0 Å². The third kappa shape index (κ3) is 2.72. The van der Waals surface area contributed by atoms with E-state index in [1.807, 2.05) is 0 Å². The number of hydrogen-bond donors (Lipinski definition) is 1. The first kappa shape index (κ1) is 12.6. The molecule has 1 aliphatic rings. The summed E-state index contributed by atoms with van der Waals surface area (Å²) in [6.45, 7) is 2.62. The molecule has 2 N–H and O–H groups in total. The van der Waals surface area contributed by atoms with E-state index in [1.165, 1.54) is 6.07 Å². The third-order valence-corrected chi connectivity index (χ3v) is 3.71. The van der Waals surface area contributed by atoms with Crippen LogP contribution in [0.5, 0.6) is 0 Å². The zero-order valence-electron chi connectivity index (χ0n) is 9.75. The van der Waals surface area contributed by atoms with Crippen molar-refractivity contribution in [1.29, 1.82) is 0 Å². The molecular weight excluding hydrogens is 287 g/mol. The minimum atomic E-state index is -0.320. The highest BCUT2D eigenvalue weighted by Crippen LogP contribution is 2.33. The van der Waals surface area contributed by atoms with Gasteiger partial charge in [0.05, 0.1) is 22.5 Å². The summed E-state index contributed by atoms with van der Waals surface area (Å²) in [5.41, 5.74) is 7.25. The second kappa shape index (κ2) is 5.23. The molecule has 1 unspecified atom stereocenters. The van der Waals surface area contributed by atoms with Crippen molar-refractivity contribution >= 4 is 27.3 Å². The number of nitrogen functional groups attached to an aromatic ring is 1. The lowest BCUT2D eigenvalue weighted by molar-refractivity contribution is 0.161. The van der Waals surface area contributed by atoms with Crippen molar-refractivity contribution in [1.82, 2.24) is 0 Å². The van der Waals surface area contributed by atoms with Crippen molar-refractivity contribution in [3.8, 4) is 0 Å². The molecule has 1 aliphatic heterocycles. The molecule has 2 rings (SSSR count). The van der Waals surface area contributed by atoms with Crippen molar-refractivity contribution in [3.05, 3.63) is 22.4 Å². The Morgan fingerprint density at radius 3 is 3.06 bits per heavy atom. The monoisotopic (exact) mass is 302 g/mol. The molecule has 0 bridgehead atoms. The van der Waals surface area contributed by atoms with Gasteiger partial charge in [0.1, 0.15) is 5.82 Å². The van der Waals surface area contributed by atoms with Gasteiger partial charge < -0.3 is 15.4 Å². The van der Waals surface area contributed by atoms with Crippen LogP contribution in [0.25, 0.3) is 0 Å². The molecule has 1 saturated heterocycles. The average Bonchev–Trinajstić information content (AvgIpc) is 2.72. The number of rotatable bonds is 3.